The predicted molar refractivity (Wildman–Crippen MR) is 120 cm³/mol. The molecule has 156 valence electrons. The van der Waals surface area contributed by atoms with Gasteiger partial charge in [-0.1, -0.05) is 29.8 Å². The van der Waals surface area contributed by atoms with E-state index in [9.17, 15) is 17.6 Å². The summed E-state index contributed by atoms with van der Waals surface area (Å²) in [5.41, 5.74) is 1.10. The lowest BCUT2D eigenvalue weighted by molar-refractivity contribution is -0.111. The van der Waals surface area contributed by atoms with E-state index in [0.29, 0.717) is 11.1 Å². The van der Waals surface area contributed by atoms with Crippen molar-refractivity contribution < 1.29 is 17.6 Å². The molecule has 1 aromatic heterocycles. The Labute approximate surface area is 183 Å². The van der Waals surface area contributed by atoms with Crippen molar-refractivity contribution >= 4 is 56.2 Å². The first-order valence-electron chi connectivity index (χ1n) is 8.73. The van der Waals surface area contributed by atoms with Crippen LogP contribution in [0.25, 0.3) is 11.6 Å². The van der Waals surface area contributed by atoms with Gasteiger partial charge in [-0.15, -0.1) is 11.3 Å². The number of thiophene rings is 1. The molecule has 0 aliphatic carbocycles. The van der Waals surface area contributed by atoms with Gasteiger partial charge in [0.1, 0.15) is 10.7 Å². The number of nitrogens with zero attached hydrogens (tertiary/aromatic N) is 1. The minimum absolute atomic E-state index is 0.0505. The maximum atomic E-state index is 13.3. The summed E-state index contributed by atoms with van der Waals surface area (Å²) in [5, 5.41) is 4.64. The Morgan fingerprint density at radius 1 is 1.13 bits per heavy atom. The summed E-state index contributed by atoms with van der Waals surface area (Å²) >= 11 is 7.52. The van der Waals surface area contributed by atoms with Gasteiger partial charge in [-0.05, 0) is 53.4 Å². The Kier molecular flexibility index (Phi) is 6.72. The van der Waals surface area contributed by atoms with E-state index in [1.54, 1.807) is 6.08 Å². The average molecular weight is 465 g/mol. The average Bonchev–Trinajstić information content (AvgIpc) is 3.21. The minimum atomic E-state index is -3.79. The standard InChI is InChI=1S/C21H18ClFN2O3S2/c1-25(2)30(27,28)20-12-16(9-10-19(20)22)24-21(26)18(13-17-4-3-11-29-17)14-5-7-15(23)8-6-14/h3-13H,1-2H3,(H,24,26)/b18-13+. The Morgan fingerprint density at radius 2 is 1.83 bits per heavy atom. The van der Waals surface area contributed by atoms with Crippen LogP contribution in [0.3, 0.4) is 0 Å². The van der Waals surface area contributed by atoms with E-state index >= 15 is 0 Å². The number of hydrogen-bond donors (Lipinski definition) is 1. The lowest BCUT2D eigenvalue weighted by Gasteiger charge is -2.15. The van der Waals surface area contributed by atoms with Crippen LogP contribution in [0, 0.1) is 5.82 Å². The number of halogens is 2. The van der Waals surface area contributed by atoms with Gasteiger partial charge < -0.3 is 5.32 Å². The second kappa shape index (κ2) is 9.09. The molecular weight excluding hydrogens is 447 g/mol. The molecule has 5 nitrogen and oxygen atoms in total. The fourth-order valence-electron chi connectivity index (χ4n) is 2.60. The molecule has 0 aliphatic heterocycles. The Balaban J connectivity index is 1.98. The van der Waals surface area contributed by atoms with E-state index in [2.05, 4.69) is 5.32 Å². The highest BCUT2D eigenvalue weighted by Crippen LogP contribution is 2.28. The molecule has 3 rings (SSSR count). The molecule has 0 unspecified atom stereocenters. The Bertz CT molecular complexity index is 1190. The van der Waals surface area contributed by atoms with Gasteiger partial charge in [0.2, 0.25) is 10.0 Å². The van der Waals surface area contributed by atoms with Gasteiger partial charge in [-0.3, -0.25) is 4.79 Å². The van der Waals surface area contributed by atoms with E-state index in [1.807, 2.05) is 17.5 Å². The van der Waals surface area contributed by atoms with Crippen LogP contribution in [-0.4, -0.2) is 32.7 Å². The van der Waals surface area contributed by atoms with E-state index in [0.717, 1.165) is 9.18 Å². The summed E-state index contributed by atoms with van der Waals surface area (Å²) in [7, 11) is -0.996. The van der Waals surface area contributed by atoms with Gasteiger partial charge in [0.15, 0.2) is 0 Å². The number of amides is 1. The first kappa shape index (κ1) is 22.2. The molecule has 0 saturated heterocycles. The summed E-state index contributed by atoms with van der Waals surface area (Å²) in [6.45, 7) is 0. The van der Waals surface area contributed by atoms with Crippen LogP contribution in [0.15, 0.2) is 64.9 Å². The van der Waals surface area contributed by atoms with Gasteiger partial charge in [-0.2, -0.15) is 0 Å². The molecule has 1 heterocycles. The Hall–Kier alpha value is -2.52. The van der Waals surface area contributed by atoms with E-state index in [4.69, 9.17) is 11.6 Å². The molecule has 0 aliphatic rings. The molecule has 0 fully saturated rings. The van der Waals surface area contributed by atoms with Crippen molar-refractivity contribution in [1.82, 2.24) is 4.31 Å². The smallest absolute Gasteiger partial charge is 0.256 e. The molecular formula is C21H18ClFN2O3S2. The van der Waals surface area contributed by atoms with Gasteiger partial charge in [-0.25, -0.2) is 17.1 Å². The van der Waals surface area contributed by atoms with Crippen molar-refractivity contribution in [2.75, 3.05) is 19.4 Å². The van der Waals surface area contributed by atoms with Crippen LogP contribution in [0.5, 0.6) is 0 Å². The zero-order valence-corrected chi connectivity index (χ0v) is 18.5. The quantitative estimate of drug-likeness (QED) is 0.524. The molecule has 0 bridgehead atoms. The van der Waals surface area contributed by atoms with Crippen molar-refractivity contribution in [2.45, 2.75) is 4.90 Å². The van der Waals surface area contributed by atoms with Crippen molar-refractivity contribution in [3.8, 4) is 0 Å². The zero-order valence-electron chi connectivity index (χ0n) is 16.1. The van der Waals surface area contributed by atoms with Crippen molar-refractivity contribution in [2.24, 2.45) is 0 Å². The molecule has 0 radical (unpaired) electrons. The third-order valence-electron chi connectivity index (χ3n) is 4.18. The molecule has 9 heteroatoms. The summed E-state index contributed by atoms with van der Waals surface area (Å²) in [6.07, 6.45) is 1.70. The Morgan fingerprint density at radius 3 is 2.43 bits per heavy atom. The maximum Gasteiger partial charge on any atom is 0.256 e. The van der Waals surface area contributed by atoms with Crippen LogP contribution in [0.2, 0.25) is 5.02 Å². The van der Waals surface area contributed by atoms with Crippen molar-refractivity contribution in [1.29, 1.82) is 0 Å². The molecule has 0 spiro atoms. The molecule has 3 aromatic rings. The minimum Gasteiger partial charge on any atom is -0.322 e. The highest BCUT2D eigenvalue weighted by molar-refractivity contribution is 7.89. The number of hydrogen-bond acceptors (Lipinski definition) is 4. The lowest BCUT2D eigenvalue weighted by atomic mass is 10.0. The molecule has 30 heavy (non-hydrogen) atoms. The zero-order chi connectivity index (χ0) is 21.9. The summed E-state index contributed by atoms with van der Waals surface area (Å²) in [5.74, 6) is -0.878. The fraction of sp³-hybridized carbons (Fsp3) is 0.0952. The van der Waals surface area contributed by atoms with E-state index < -0.39 is 21.7 Å². The number of carbonyl (C=O) groups is 1. The topological polar surface area (TPSA) is 66.5 Å². The van der Waals surface area contributed by atoms with Crippen LogP contribution >= 0.6 is 22.9 Å². The number of rotatable bonds is 6. The van der Waals surface area contributed by atoms with Crippen LogP contribution in [-0.2, 0) is 14.8 Å². The van der Waals surface area contributed by atoms with Crippen molar-refractivity contribution in [3.63, 3.8) is 0 Å². The van der Waals surface area contributed by atoms with E-state index in [-0.39, 0.29) is 15.6 Å². The van der Waals surface area contributed by atoms with Gasteiger partial charge in [0.05, 0.1) is 5.02 Å². The first-order chi connectivity index (χ1) is 14.2. The third-order valence-corrected chi connectivity index (χ3v) is 7.29. The first-order valence-corrected chi connectivity index (χ1v) is 11.4. The summed E-state index contributed by atoms with van der Waals surface area (Å²) in [4.78, 5) is 13.8. The predicted octanol–water partition coefficient (Wildman–Crippen LogP) is 4.97. The number of sulfonamides is 1. The highest BCUT2D eigenvalue weighted by atomic mass is 35.5. The third kappa shape index (κ3) is 4.96. The van der Waals surface area contributed by atoms with Crippen LogP contribution < -0.4 is 5.32 Å². The normalized spacial score (nSPS) is 12.2. The fourth-order valence-corrected chi connectivity index (χ4v) is 4.65. The van der Waals surface area contributed by atoms with Gasteiger partial charge in [0, 0.05) is 30.2 Å². The maximum absolute atomic E-state index is 13.3. The number of nitrogens with one attached hydrogen (secondary N) is 1. The number of carbonyl (C=O) groups excluding carboxylic acids is 1. The molecule has 2 aromatic carbocycles. The van der Waals surface area contributed by atoms with Gasteiger partial charge in [0.25, 0.3) is 5.91 Å². The summed E-state index contributed by atoms with van der Waals surface area (Å²) in [6, 6.07) is 13.5. The van der Waals surface area contributed by atoms with Crippen LogP contribution in [0.4, 0.5) is 10.1 Å². The summed E-state index contributed by atoms with van der Waals surface area (Å²) < 4.78 is 39.3. The molecule has 1 N–H and O–H groups in total. The van der Waals surface area contributed by atoms with Crippen molar-refractivity contribution in [3.05, 3.63) is 81.3 Å². The number of anilines is 1. The van der Waals surface area contributed by atoms with Gasteiger partial charge >= 0.3 is 0 Å². The molecule has 0 atom stereocenters. The SMILES string of the molecule is CN(C)S(=O)(=O)c1cc(NC(=O)/C(=C/c2cccs2)c2ccc(F)cc2)ccc1Cl. The second-order valence-electron chi connectivity index (χ2n) is 6.47. The molecule has 0 saturated carbocycles. The van der Waals surface area contributed by atoms with Crippen LogP contribution in [0.1, 0.15) is 10.4 Å². The lowest BCUT2D eigenvalue weighted by Crippen LogP contribution is -2.23. The number of benzene rings is 2. The largest absolute Gasteiger partial charge is 0.322 e. The second-order valence-corrected chi connectivity index (χ2v) is 9.97. The van der Waals surface area contributed by atoms with E-state index in [1.165, 1.54) is 67.9 Å². The monoisotopic (exact) mass is 464 g/mol. The molecule has 1 amide bonds. The highest BCUT2D eigenvalue weighted by Gasteiger charge is 2.22.